The zero-order valence-electron chi connectivity index (χ0n) is 14.5. The van der Waals surface area contributed by atoms with Gasteiger partial charge in [0.05, 0.1) is 12.0 Å². The molecule has 2 saturated heterocycles. The summed E-state index contributed by atoms with van der Waals surface area (Å²) in [5.41, 5.74) is 2.53. The lowest BCUT2D eigenvalue weighted by Gasteiger charge is -2.58. The number of rotatable bonds is 4. The Bertz CT molecular complexity index is 549. The summed E-state index contributed by atoms with van der Waals surface area (Å²) in [7, 11) is 3.98. The maximum atomic E-state index is 12.5. The molecule has 4 nitrogen and oxygen atoms in total. The van der Waals surface area contributed by atoms with Crippen LogP contribution in [0.3, 0.4) is 0 Å². The van der Waals surface area contributed by atoms with Gasteiger partial charge in [-0.3, -0.25) is 9.69 Å². The number of methoxy groups -OCH3 is 1. The average molecular weight is 316 g/mol. The van der Waals surface area contributed by atoms with Gasteiger partial charge in [-0.1, -0.05) is 29.8 Å². The summed E-state index contributed by atoms with van der Waals surface area (Å²) in [4.78, 5) is 17.0. The molecule has 0 unspecified atom stereocenters. The topological polar surface area (TPSA) is 32.8 Å². The van der Waals surface area contributed by atoms with E-state index in [0.29, 0.717) is 12.3 Å². The molecule has 23 heavy (non-hydrogen) atoms. The van der Waals surface area contributed by atoms with Crippen molar-refractivity contribution in [2.45, 2.75) is 31.7 Å². The SMILES string of the molecule is COC[C@@H]1CCN(C)C2(C1)CN(C(=O)Cc1ccc(C)cc1)C2. The summed E-state index contributed by atoms with van der Waals surface area (Å²) in [6.45, 7) is 5.75. The molecule has 0 radical (unpaired) electrons. The number of aryl methyl sites for hydroxylation is 1. The maximum Gasteiger partial charge on any atom is 0.227 e. The number of nitrogens with zero attached hydrogens (tertiary/aromatic N) is 2. The van der Waals surface area contributed by atoms with Crippen LogP contribution in [0.15, 0.2) is 24.3 Å². The highest BCUT2D eigenvalue weighted by Crippen LogP contribution is 2.38. The molecule has 1 aromatic rings. The Morgan fingerprint density at radius 3 is 2.65 bits per heavy atom. The first-order chi connectivity index (χ1) is 11.0. The molecule has 0 aromatic heterocycles. The molecule has 1 spiro atoms. The zero-order valence-corrected chi connectivity index (χ0v) is 14.5. The summed E-state index contributed by atoms with van der Waals surface area (Å²) in [6, 6.07) is 8.27. The third-order valence-corrected chi connectivity index (χ3v) is 5.55. The predicted octanol–water partition coefficient (Wildman–Crippen LogP) is 2.11. The lowest BCUT2D eigenvalue weighted by Crippen LogP contribution is -2.72. The van der Waals surface area contributed by atoms with Crippen LogP contribution >= 0.6 is 0 Å². The van der Waals surface area contributed by atoms with Crippen molar-refractivity contribution in [2.75, 3.05) is 40.4 Å². The standard InChI is InChI=1S/C19H28N2O2/c1-15-4-6-16(7-5-15)10-18(22)21-13-19(14-21)11-17(12-23-3)8-9-20(19)2/h4-7,17H,8-14H2,1-3H3/t17-/m1/s1. The van der Waals surface area contributed by atoms with Crippen molar-refractivity contribution in [3.63, 3.8) is 0 Å². The molecule has 2 aliphatic heterocycles. The van der Waals surface area contributed by atoms with Crippen LogP contribution in [0.5, 0.6) is 0 Å². The summed E-state index contributed by atoms with van der Waals surface area (Å²) in [5, 5.41) is 0. The van der Waals surface area contributed by atoms with E-state index in [1.807, 2.05) is 4.90 Å². The van der Waals surface area contributed by atoms with Crippen LogP contribution in [-0.2, 0) is 16.0 Å². The minimum absolute atomic E-state index is 0.185. The minimum Gasteiger partial charge on any atom is -0.384 e. The first-order valence-corrected chi connectivity index (χ1v) is 8.56. The second-order valence-electron chi connectivity index (χ2n) is 7.37. The Morgan fingerprint density at radius 2 is 2.00 bits per heavy atom. The average Bonchev–Trinajstić information content (AvgIpc) is 2.49. The van der Waals surface area contributed by atoms with Gasteiger partial charge in [-0.15, -0.1) is 0 Å². The molecule has 4 heteroatoms. The smallest absolute Gasteiger partial charge is 0.227 e. The number of benzene rings is 1. The Morgan fingerprint density at radius 1 is 1.30 bits per heavy atom. The predicted molar refractivity (Wildman–Crippen MR) is 91.4 cm³/mol. The van der Waals surface area contributed by atoms with Gasteiger partial charge >= 0.3 is 0 Å². The van der Waals surface area contributed by atoms with E-state index in [4.69, 9.17) is 4.74 Å². The largest absolute Gasteiger partial charge is 0.384 e. The number of carbonyl (C=O) groups is 1. The molecular weight excluding hydrogens is 288 g/mol. The highest BCUT2D eigenvalue weighted by Gasteiger charge is 2.50. The number of ether oxygens (including phenoxy) is 1. The molecule has 0 aliphatic carbocycles. The fraction of sp³-hybridized carbons (Fsp3) is 0.632. The Balaban J connectivity index is 1.56. The van der Waals surface area contributed by atoms with Crippen LogP contribution < -0.4 is 0 Å². The molecule has 0 bridgehead atoms. The van der Waals surface area contributed by atoms with Crippen LogP contribution in [0.25, 0.3) is 0 Å². The molecule has 2 fully saturated rings. The van der Waals surface area contributed by atoms with Gasteiger partial charge in [0.2, 0.25) is 5.91 Å². The summed E-state index contributed by atoms with van der Waals surface area (Å²) in [6.07, 6.45) is 2.86. The van der Waals surface area contributed by atoms with Crippen LogP contribution in [0.1, 0.15) is 24.0 Å². The van der Waals surface area contributed by atoms with Crippen molar-refractivity contribution >= 4 is 5.91 Å². The highest BCUT2D eigenvalue weighted by molar-refractivity contribution is 5.80. The van der Waals surface area contributed by atoms with Gasteiger partial charge < -0.3 is 9.64 Å². The fourth-order valence-electron chi connectivity index (χ4n) is 3.99. The molecule has 126 valence electrons. The van der Waals surface area contributed by atoms with Gasteiger partial charge in [0.1, 0.15) is 0 Å². The number of carbonyl (C=O) groups excluding carboxylic acids is 1. The van der Waals surface area contributed by atoms with Gasteiger partial charge in [-0.2, -0.15) is 0 Å². The van der Waals surface area contributed by atoms with Crippen molar-refractivity contribution in [2.24, 2.45) is 5.92 Å². The quantitative estimate of drug-likeness (QED) is 0.853. The van der Waals surface area contributed by atoms with Crippen molar-refractivity contribution in [1.82, 2.24) is 9.80 Å². The van der Waals surface area contributed by atoms with E-state index in [1.54, 1.807) is 7.11 Å². The number of amides is 1. The van der Waals surface area contributed by atoms with Gasteiger partial charge in [0.15, 0.2) is 0 Å². The van der Waals surface area contributed by atoms with E-state index < -0.39 is 0 Å². The maximum absolute atomic E-state index is 12.5. The fourth-order valence-corrected chi connectivity index (χ4v) is 3.99. The second kappa shape index (κ2) is 6.62. The monoisotopic (exact) mass is 316 g/mol. The number of likely N-dealkylation sites (N-methyl/N-ethyl adjacent to an activating group) is 1. The van der Waals surface area contributed by atoms with Gasteiger partial charge in [-0.05, 0) is 44.8 Å². The highest BCUT2D eigenvalue weighted by atomic mass is 16.5. The lowest BCUT2D eigenvalue weighted by atomic mass is 9.75. The van der Waals surface area contributed by atoms with Crippen molar-refractivity contribution in [3.05, 3.63) is 35.4 Å². The summed E-state index contributed by atoms with van der Waals surface area (Å²) < 4.78 is 5.34. The number of hydrogen-bond donors (Lipinski definition) is 0. The van der Waals surface area contributed by atoms with E-state index in [9.17, 15) is 4.79 Å². The van der Waals surface area contributed by atoms with Crippen LogP contribution in [0.4, 0.5) is 0 Å². The van der Waals surface area contributed by atoms with Gasteiger partial charge in [-0.25, -0.2) is 0 Å². The molecule has 1 amide bonds. The third kappa shape index (κ3) is 3.43. The Hall–Kier alpha value is -1.39. The lowest BCUT2D eigenvalue weighted by molar-refractivity contribution is -0.150. The zero-order chi connectivity index (χ0) is 16.4. The normalized spacial score (nSPS) is 23.8. The molecule has 1 aromatic carbocycles. The van der Waals surface area contributed by atoms with Crippen LogP contribution in [0, 0.1) is 12.8 Å². The van der Waals surface area contributed by atoms with Crippen LogP contribution in [-0.4, -0.2) is 61.6 Å². The van der Waals surface area contributed by atoms with Crippen molar-refractivity contribution in [3.8, 4) is 0 Å². The molecular formula is C19H28N2O2. The number of hydrogen-bond acceptors (Lipinski definition) is 3. The first-order valence-electron chi connectivity index (χ1n) is 8.56. The Kier molecular flexibility index (Phi) is 4.74. The van der Waals surface area contributed by atoms with E-state index in [1.165, 1.54) is 12.0 Å². The third-order valence-electron chi connectivity index (χ3n) is 5.55. The van der Waals surface area contributed by atoms with Crippen molar-refractivity contribution < 1.29 is 9.53 Å². The molecule has 2 aliphatic rings. The minimum atomic E-state index is 0.185. The first kappa shape index (κ1) is 16.5. The van der Waals surface area contributed by atoms with E-state index in [-0.39, 0.29) is 11.4 Å². The van der Waals surface area contributed by atoms with Crippen LogP contribution in [0.2, 0.25) is 0 Å². The van der Waals surface area contributed by atoms with Crippen molar-refractivity contribution in [1.29, 1.82) is 0 Å². The van der Waals surface area contributed by atoms with E-state index in [0.717, 1.165) is 38.2 Å². The molecule has 0 N–H and O–H groups in total. The Labute approximate surface area is 139 Å². The summed E-state index contributed by atoms with van der Waals surface area (Å²) >= 11 is 0. The molecule has 0 saturated carbocycles. The van der Waals surface area contributed by atoms with E-state index in [2.05, 4.69) is 43.1 Å². The molecule has 3 rings (SSSR count). The molecule has 2 heterocycles. The second-order valence-corrected chi connectivity index (χ2v) is 7.37. The van der Waals surface area contributed by atoms with Gasteiger partial charge in [0.25, 0.3) is 0 Å². The van der Waals surface area contributed by atoms with E-state index >= 15 is 0 Å². The number of likely N-dealkylation sites (tertiary alicyclic amines) is 2. The number of piperidine rings is 1. The van der Waals surface area contributed by atoms with Gasteiger partial charge in [0, 0.05) is 26.8 Å². The summed E-state index contributed by atoms with van der Waals surface area (Å²) in [5.74, 6) is 0.882. The molecule has 1 atom stereocenters.